The average molecular weight is 823 g/mol. The predicted molar refractivity (Wildman–Crippen MR) is 199 cm³/mol. The van der Waals surface area contributed by atoms with Crippen molar-refractivity contribution in [3.63, 3.8) is 0 Å². The van der Waals surface area contributed by atoms with Crippen LogP contribution in [0.15, 0.2) is 23.3 Å². The number of hydrogen-bond acceptors (Lipinski definition) is 16. The fraction of sp³-hybridized carbons (Fsp3) is 0.857. The lowest BCUT2D eigenvalue weighted by atomic mass is 9.55. The van der Waals surface area contributed by atoms with E-state index in [1.54, 1.807) is 28.1 Å². The first kappa shape index (κ1) is 42.6. The Hall–Kier alpha value is -2.06. The average Bonchev–Trinajstić information content (AvgIpc) is 3.65. The number of esters is 2. The highest BCUT2D eigenvalue weighted by atomic mass is 16.8. The molecule has 6 fully saturated rings. The van der Waals surface area contributed by atoms with Crippen LogP contribution in [0.25, 0.3) is 0 Å². The van der Waals surface area contributed by atoms with E-state index in [2.05, 4.69) is 13.0 Å². The van der Waals surface area contributed by atoms with E-state index in [0.717, 1.165) is 6.42 Å². The van der Waals surface area contributed by atoms with Gasteiger partial charge in [-0.3, -0.25) is 4.79 Å². The smallest absolute Gasteiger partial charge is 0.336 e. The molecule has 6 heterocycles. The Bertz CT molecular complexity index is 1590. The summed E-state index contributed by atoms with van der Waals surface area (Å²) in [4.78, 5) is 26.7. The van der Waals surface area contributed by atoms with E-state index in [0.29, 0.717) is 44.1 Å². The highest BCUT2D eigenvalue weighted by Crippen LogP contribution is 2.56. The maximum Gasteiger partial charge on any atom is 0.336 e. The Morgan fingerprint density at radius 1 is 0.776 bits per heavy atom. The summed E-state index contributed by atoms with van der Waals surface area (Å²) >= 11 is 0. The second-order valence-corrected chi connectivity index (χ2v) is 17.8. The van der Waals surface area contributed by atoms with Gasteiger partial charge in [0, 0.05) is 46.7 Å². The van der Waals surface area contributed by atoms with E-state index < -0.39 is 104 Å². The molecule has 0 aromatic carbocycles. The number of carbonyl (C=O) groups excluding carboxylic acids is 2. The van der Waals surface area contributed by atoms with E-state index in [1.807, 2.05) is 19.9 Å². The molecule has 6 aliphatic heterocycles. The van der Waals surface area contributed by atoms with Crippen LogP contribution >= 0.6 is 0 Å². The number of carbonyl (C=O) groups is 2. The number of fused-ring (bicyclic) bond motifs is 3. The standard InChI is InChI=1S/C42H62O16/c1-19-33(43)27(47-6)16-30(51-19)56-35-20(2)52-31(17-28(35)48-7)57-36-21(3)53-40(34(44)37(36)49-8)54-23-13-14-41(4)22(15-23)9-10-24-26(41)12-11-25-32-29(55-38(24)45)18-50-42(32,5)58-39(25)46/h9,11,19-21,23-24,26-37,40,43-44H,10,12-18H2,1-8H3. The van der Waals surface area contributed by atoms with Crippen LogP contribution in [0.3, 0.4) is 0 Å². The van der Waals surface area contributed by atoms with Crippen molar-refractivity contribution in [2.24, 2.45) is 23.2 Å². The molecule has 0 aromatic rings. The van der Waals surface area contributed by atoms with Gasteiger partial charge in [0.05, 0.1) is 55.1 Å². The Kier molecular flexibility index (Phi) is 12.2. The maximum absolute atomic E-state index is 13.7. The molecule has 8 aliphatic rings. The quantitative estimate of drug-likeness (QED) is 0.255. The van der Waals surface area contributed by atoms with Crippen LogP contribution in [0.2, 0.25) is 0 Å². The number of hydrogen-bond donors (Lipinski definition) is 2. The van der Waals surface area contributed by atoms with Gasteiger partial charge in [0.2, 0.25) is 5.79 Å². The molecule has 5 saturated heterocycles. The summed E-state index contributed by atoms with van der Waals surface area (Å²) in [5, 5.41) is 22.0. The van der Waals surface area contributed by atoms with Crippen molar-refractivity contribution in [1.29, 1.82) is 0 Å². The second-order valence-electron chi connectivity index (χ2n) is 17.8. The number of rotatable bonds is 9. The van der Waals surface area contributed by atoms with Crippen molar-refractivity contribution < 1.29 is 76.6 Å². The lowest BCUT2D eigenvalue weighted by molar-refractivity contribution is -0.353. The molecular formula is C42H62O16. The fourth-order valence-electron chi connectivity index (χ4n) is 11.1. The first-order valence-corrected chi connectivity index (χ1v) is 21.0. The van der Waals surface area contributed by atoms with E-state index >= 15 is 0 Å². The van der Waals surface area contributed by atoms with Crippen LogP contribution in [0.4, 0.5) is 0 Å². The van der Waals surface area contributed by atoms with E-state index in [1.165, 1.54) is 12.7 Å². The summed E-state index contributed by atoms with van der Waals surface area (Å²) in [5.41, 5.74) is 1.40. The minimum Gasteiger partial charge on any atom is -0.459 e. The molecule has 20 unspecified atom stereocenters. The highest BCUT2D eigenvalue weighted by Gasteiger charge is 2.61. The highest BCUT2D eigenvalue weighted by molar-refractivity contribution is 5.92. The second kappa shape index (κ2) is 16.7. The van der Waals surface area contributed by atoms with Gasteiger partial charge in [0.25, 0.3) is 0 Å². The Balaban J connectivity index is 0.889. The summed E-state index contributed by atoms with van der Waals surface area (Å²) in [6.45, 7) is 9.66. The molecule has 16 heteroatoms. The van der Waals surface area contributed by atoms with Gasteiger partial charge in [-0.1, -0.05) is 24.6 Å². The molecule has 326 valence electrons. The minimum atomic E-state index is -1.16. The fourth-order valence-corrected chi connectivity index (χ4v) is 11.1. The summed E-state index contributed by atoms with van der Waals surface area (Å²) in [6, 6.07) is 0. The Morgan fingerprint density at radius 3 is 2.19 bits per heavy atom. The normalized spacial score (nSPS) is 50.5. The van der Waals surface area contributed by atoms with Gasteiger partial charge in [-0.25, -0.2) is 4.79 Å². The largest absolute Gasteiger partial charge is 0.459 e. The van der Waals surface area contributed by atoms with Crippen molar-refractivity contribution in [3.8, 4) is 0 Å². The Morgan fingerprint density at radius 2 is 1.47 bits per heavy atom. The zero-order valence-electron chi connectivity index (χ0n) is 34.8. The van der Waals surface area contributed by atoms with Crippen molar-refractivity contribution >= 4 is 11.9 Å². The molecule has 16 nitrogen and oxygen atoms in total. The topological polar surface area (TPSA) is 185 Å². The molecule has 2 N–H and O–H groups in total. The van der Waals surface area contributed by atoms with Crippen LogP contribution in [0.5, 0.6) is 0 Å². The first-order chi connectivity index (χ1) is 27.7. The molecule has 1 saturated carbocycles. The van der Waals surface area contributed by atoms with E-state index in [-0.39, 0.29) is 35.9 Å². The number of ether oxygens (including phenoxy) is 12. The van der Waals surface area contributed by atoms with Crippen molar-refractivity contribution in [3.05, 3.63) is 23.3 Å². The third-order valence-corrected chi connectivity index (χ3v) is 14.4. The number of allylic oxidation sites excluding steroid dienone is 2. The summed E-state index contributed by atoms with van der Waals surface area (Å²) < 4.78 is 72.7. The summed E-state index contributed by atoms with van der Waals surface area (Å²) in [7, 11) is 4.70. The van der Waals surface area contributed by atoms with Gasteiger partial charge in [-0.05, 0) is 64.2 Å². The number of aliphatic hydroxyl groups excluding tert-OH is 2. The molecule has 0 aromatic heterocycles. The zero-order valence-corrected chi connectivity index (χ0v) is 34.8. The van der Waals surface area contributed by atoms with E-state index in [4.69, 9.17) is 56.8 Å². The monoisotopic (exact) mass is 822 g/mol. The molecule has 58 heavy (non-hydrogen) atoms. The lowest BCUT2D eigenvalue weighted by Crippen LogP contribution is -2.61. The minimum absolute atomic E-state index is 0.0780. The van der Waals surface area contributed by atoms with Crippen LogP contribution in [-0.4, -0.2) is 148 Å². The van der Waals surface area contributed by atoms with Crippen LogP contribution in [-0.2, 0) is 66.4 Å². The van der Waals surface area contributed by atoms with Crippen molar-refractivity contribution in [2.45, 2.75) is 177 Å². The van der Waals surface area contributed by atoms with E-state index in [9.17, 15) is 19.8 Å². The van der Waals surface area contributed by atoms with Crippen LogP contribution in [0, 0.1) is 23.2 Å². The third-order valence-electron chi connectivity index (χ3n) is 14.4. The van der Waals surface area contributed by atoms with Gasteiger partial charge < -0.3 is 67.1 Å². The molecule has 20 atom stereocenters. The third kappa shape index (κ3) is 7.61. The number of methoxy groups -OCH3 is 3. The summed E-state index contributed by atoms with van der Waals surface area (Å²) in [5.74, 6) is -2.67. The molecular weight excluding hydrogens is 760 g/mol. The molecule has 8 rings (SSSR count). The van der Waals surface area contributed by atoms with Crippen molar-refractivity contribution in [1.82, 2.24) is 0 Å². The van der Waals surface area contributed by atoms with Gasteiger partial charge >= 0.3 is 11.9 Å². The zero-order chi connectivity index (χ0) is 41.3. The predicted octanol–water partition coefficient (Wildman–Crippen LogP) is 2.84. The molecule has 0 spiro atoms. The van der Waals surface area contributed by atoms with Crippen molar-refractivity contribution in [2.75, 3.05) is 27.9 Å². The molecule has 0 amide bonds. The SMILES string of the molecule is COC1CC(OC2C(C)OC(OC3C(C)OC(OC4CCC5(C)C(=CCC6C(=O)OC7COC8(C)OC(=O)C(=CCC65)C78)C4)C(O)C3OC)CC2OC)OC(C)C1O. The van der Waals surface area contributed by atoms with Gasteiger partial charge in [0.1, 0.15) is 36.6 Å². The molecule has 0 bridgehead atoms. The first-order valence-electron chi connectivity index (χ1n) is 21.0. The van der Waals surface area contributed by atoms with Gasteiger partial charge in [-0.2, -0.15) is 0 Å². The van der Waals surface area contributed by atoms with Gasteiger partial charge in [0.15, 0.2) is 18.9 Å². The molecule has 0 radical (unpaired) electrons. The summed E-state index contributed by atoms with van der Waals surface area (Å²) in [6.07, 6.45) is -1.34. The number of aliphatic hydroxyl groups is 2. The van der Waals surface area contributed by atoms with Crippen LogP contribution in [0.1, 0.15) is 79.6 Å². The lowest BCUT2D eigenvalue weighted by Gasteiger charge is -2.51. The van der Waals surface area contributed by atoms with Gasteiger partial charge in [-0.15, -0.1) is 0 Å². The van der Waals surface area contributed by atoms with Crippen LogP contribution < -0.4 is 0 Å². The molecule has 2 aliphatic carbocycles. The maximum atomic E-state index is 13.7. The Labute approximate surface area is 340 Å².